The third-order valence-corrected chi connectivity index (χ3v) is 4.91. The van der Waals surface area contributed by atoms with Gasteiger partial charge >= 0.3 is 6.16 Å². The van der Waals surface area contributed by atoms with Crippen LogP contribution in [0, 0.1) is 6.92 Å². The Morgan fingerprint density at radius 1 is 1.21 bits per heavy atom. The summed E-state index contributed by atoms with van der Waals surface area (Å²) in [4.78, 5) is 35.1. The van der Waals surface area contributed by atoms with Gasteiger partial charge in [-0.2, -0.15) is 0 Å². The van der Waals surface area contributed by atoms with Gasteiger partial charge in [-0.15, -0.1) is 11.3 Å². The van der Waals surface area contributed by atoms with Crippen LogP contribution < -0.4 is 0 Å². The van der Waals surface area contributed by atoms with Gasteiger partial charge in [0.15, 0.2) is 11.6 Å². The van der Waals surface area contributed by atoms with Crippen LogP contribution in [0.5, 0.6) is 0 Å². The first-order valence-electron chi connectivity index (χ1n) is 8.83. The average molecular weight is 399 g/mol. The lowest BCUT2D eigenvalue weighted by Gasteiger charge is -2.32. The zero-order valence-electron chi connectivity index (χ0n) is 16.1. The molecular formula is C20H21N3O4S. The van der Waals surface area contributed by atoms with Crippen LogP contribution in [0.3, 0.4) is 0 Å². The molecule has 1 aliphatic heterocycles. The summed E-state index contributed by atoms with van der Waals surface area (Å²) in [5, 5.41) is 2.73. The van der Waals surface area contributed by atoms with Gasteiger partial charge in [-0.1, -0.05) is 30.3 Å². The lowest BCUT2D eigenvalue weighted by atomic mass is 10.0. The van der Waals surface area contributed by atoms with Crippen LogP contribution in [0.15, 0.2) is 52.2 Å². The lowest BCUT2D eigenvalue weighted by molar-refractivity contribution is -0.124. The van der Waals surface area contributed by atoms with Crippen molar-refractivity contribution in [3.05, 3.63) is 63.4 Å². The van der Waals surface area contributed by atoms with E-state index in [4.69, 9.17) is 14.5 Å². The number of allylic oxidation sites excluding steroid dienone is 1. The van der Waals surface area contributed by atoms with Crippen molar-refractivity contribution >= 4 is 29.2 Å². The molecule has 0 bridgehead atoms. The number of rotatable bonds is 4. The molecule has 0 spiro atoms. The summed E-state index contributed by atoms with van der Waals surface area (Å²) in [6, 6.07) is 8.84. The van der Waals surface area contributed by atoms with Gasteiger partial charge in [-0.05, 0) is 26.3 Å². The number of ether oxygens (including phenoxy) is 2. The largest absolute Gasteiger partial charge is 0.513 e. The number of aryl methyl sites for hydroxylation is 1. The first-order chi connectivity index (χ1) is 13.4. The van der Waals surface area contributed by atoms with Crippen LogP contribution in [0.1, 0.15) is 43.1 Å². The molecule has 7 nitrogen and oxygen atoms in total. The number of nitrogens with zero attached hydrogens (tertiary/aromatic N) is 3. The van der Waals surface area contributed by atoms with E-state index < -0.39 is 12.2 Å². The number of benzene rings is 1. The fourth-order valence-corrected chi connectivity index (χ4v) is 3.56. The van der Waals surface area contributed by atoms with E-state index >= 15 is 0 Å². The van der Waals surface area contributed by atoms with Gasteiger partial charge in [-0.3, -0.25) is 9.69 Å². The van der Waals surface area contributed by atoms with E-state index in [1.54, 1.807) is 13.8 Å². The van der Waals surface area contributed by atoms with Crippen LogP contribution in [0.2, 0.25) is 0 Å². The molecule has 0 aliphatic carbocycles. The predicted octanol–water partition coefficient (Wildman–Crippen LogP) is 4.21. The molecule has 146 valence electrons. The minimum absolute atomic E-state index is 0.185. The van der Waals surface area contributed by atoms with Gasteiger partial charge < -0.3 is 9.47 Å². The molecule has 0 N–H and O–H groups in total. The summed E-state index contributed by atoms with van der Waals surface area (Å²) in [5.41, 5.74) is 1.91. The predicted molar refractivity (Wildman–Crippen MR) is 106 cm³/mol. The highest BCUT2D eigenvalue weighted by Crippen LogP contribution is 2.36. The highest BCUT2D eigenvalue weighted by Gasteiger charge is 2.35. The van der Waals surface area contributed by atoms with E-state index in [-0.39, 0.29) is 18.3 Å². The van der Waals surface area contributed by atoms with E-state index in [0.29, 0.717) is 17.2 Å². The van der Waals surface area contributed by atoms with Gasteiger partial charge in [0.2, 0.25) is 5.91 Å². The van der Waals surface area contributed by atoms with Crippen LogP contribution >= 0.6 is 11.3 Å². The first kappa shape index (κ1) is 19.8. The van der Waals surface area contributed by atoms with Gasteiger partial charge in [0.25, 0.3) is 0 Å². The molecule has 2 aromatic rings. The maximum Gasteiger partial charge on any atom is 0.513 e. The second-order valence-corrected chi connectivity index (χ2v) is 7.17. The van der Waals surface area contributed by atoms with Crippen molar-refractivity contribution in [2.75, 3.05) is 6.61 Å². The third kappa shape index (κ3) is 3.96. The highest BCUT2D eigenvalue weighted by molar-refractivity contribution is 7.09. The van der Waals surface area contributed by atoms with E-state index in [0.717, 1.165) is 10.6 Å². The Bertz CT molecular complexity index is 949. The number of aromatic nitrogens is 1. The number of carbonyl (C=O) groups is 2. The fraction of sp³-hybridized carbons (Fsp3) is 0.300. The maximum absolute atomic E-state index is 12.4. The van der Waals surface area contributed by atoms with Gasteiger partial charge in [0.1, 0.15) is 11.7 Å². The Balaban J connectivity index is 2.14. The van der Waals surface area contributed by atoms with Crippen LogP contribution in [0.25, 0.3) is 0 Å². The van der Waals surface area contributed by atoms with Gasteiger partial charge in [-0.25, -0.2) is 14.8 Å². The molecule has 1 aliphatic rings. The number of hydrogen-bond acceptors (Lipinski definition) is 7. The summed E-state index contributed by atoms with van der Waals surface area (Å²) < 4.78 is 10.4. The number of amidine groups is 1. The number of aliphatic imine (C=N–C) groups is 1. The van der Waals surface area contributed by atoms with Crippen molar-refractivity contribution < 1.29 is 19.1 Å². The third-order valence-electron chi connectivity index (χ3n) is 4.14. The van der Waals surface area contributed by atoms with Crippen LogP contribution in [-0.2, 0) is 14.3 Å². The van der Waals surface area contributed by atoms with E-state index in [1.165, 1.54) is 23.2 Å². The molecule has 0 saturated carbocycles. The van der Waals surface area contributed by atoms with E-state index in [9.17, 15) is 9.59 Å². The van der Waals surface area contributed by atoms with E-state index in [1.807, 2.05) is 42.6 Å². The molecule has 28 heavy (non-hydrogen) atoms. The zero-order chi connectivity index (χ0) is 20.3. The van der Waals surface area contributed by atoms with Crippen molar-refractivity contribution in [3.8, 4) is 0 Å². The molecule has 1 aromatic carbocycles. The normalized spacial score (nSPS) is 16.6. The van der Waals surface area contributed by atoms with Crippen molar-refractivity contribution in [1.29, 1.82) is 0 Å². The summed E-state index contributed by atoms with van der Waals surface area (Å²) in [7, 11) is 0. The molecular weight excluding hydrogens is 378 g/mol. The molecule has 1 unspecified atom stereocenters. The fourth-order valence-electron chi connectivity index (χ4n) is 2.97. The molecule has 0 saturated heterocycles. The molecule has 8 heteroatoms. The molecule has 0 fully saturated rings. The quantitative estimate of drug-likeness (QED) is 0.720. The Morgan fingerprint density at radius 3 is 2.50 bits per heavy atom. The minimum atomic E-state index is -0.829. The lowest BCUT2D eigenvalue weighted by Crippen LogP contribution is -2.39. The molecule has 1 atom stereocenters. The van der Waals surface area contributed by atoms with Crippen LogP contribution in [0.4, 0.5) is 4.79 Å². The second kappa shape index (κ2) is 8.35. The smallest absolute Gasteiger partial charge is 0.434 e. The van der Waals surface area contributed by atoms with Crippen molar-refractivity contribution in [1.82, 2.24) is 9.88 Å². The molecule has 0 radical (unpaired) electrons. The Kier molecular flexibility index (Phi) is 5.89. The van der Waals surface area contributed by atoms with Crippen LogP contribution in [-0.4, -0.2) is 34.4 Å². The minimum Gasteiger partial charge on any atom is -0.434 e. The average Bonchev–Trinajstić information content (AvgIpc) is 3.10. The Labute approximate surface area is 167 Å². The Morgan fingerprint density at radius 2 is 1.93 bits per heavy atom. The van der Waals surface area contributed by atoms with Crippen molar-refractivity contribution in [3.63, 3.8) is 0 Å². The van der Waals surface area contributed by atoms with Gasteiger partial charge in [0.05, 0.1) is 17.3 Å². The van der Waals surface area contributed by atoms with Crippen molar-refractivity contribution in [2.24, 2.45) is 4.99 Å². The number of hydrogen-bond donors (Lipinski definition) is 0. The highest BCUT2D eigenvalue weighted by atomic mass is 32.1. The monoisotopic (exact) mass is 399 g/mol. The maximum atomic E-state index is 12.4. The number of carbonyl (C=O) groups excluding carboxylic acids is 2. The SMILES string of the molecule is CCOC(=O)OC1=C(C)N(C(C)=O)C(c2csc(C)n2)=NC1c1ccccc1. The number of amides is 1. The summed E-state index contributed by atoms with van der Waals surface area (Å²) >= 11 is 1.48. The summed E-state index contributed by atoms with van der Waals surface area (Å²) in [6.07, 6.45) is -0.829. The standard InChI is InChI=1S/C20H21N3O4S/c1-5-26-20(25)27-18-12(2)23(14(4)24)19(16-11-28-13(3)21-16)22-17(18)15-9-7-6-8-10-15/h6-11,17H,5H2,1-4H3. The summed E-state index contributed by atoms with van der Waals surface area (Å²) in [6.45, 7) is 6.93. The number of thiazole rings is 1. The zero-order valence-corrected chi connectivity index (χ0v) is 16.9. The topological polar surface area (TPSA) is 81.1 Å². The molecule has 3 rings (SSSR count). The van der Waals surface area contributed by atoms with Crippen molar-refractivity contribution in [2.45, 2.75) is 33.7 Å². The first-order valence-corrected chi connectivity index (χ1v) is 9.71. The Hall–Kier alpha value is -3.00. The van der Waals surface area contributed by atoms with Gasteiger partial charge in [0, 0.05) is 12.3 Å². The second-order valence-electron chi connectivity index (χ2n) is 6.11. The molecule has 1 amide bonds. The molecule has 2 heterocycles. The molecule has 1 aromatic heterocycles. The van der Waals surface area contributed by atoms with E-state index in [2.05, 4.69) is 4.98 Å². The summed E-state index contributed by atoms with van der Waals surface area (Å²) in [5.74, 6) is 0.438.